The number of nitrogens with one attached hydrogen (secondary N) is 1. The zero-order chi connectivity index (χ0) is 14.1. The summed E-state index contributed by atoms with van der Waals surface area (Å²) in [5, 5.41) is 3.61. The monoisotopic (exact) mass is 269 g/mol. The predicted molar refractivity (Wildman–Crippen MR) is 79.1 cm³/mol. The molecule has 19 heavy (non-hydrogen) atoms. The van der Waals surface area contributed by atoms with Crippen molar-refractivity contribution in [1.82, 2.24) is 5.32 Å². The molecule has 0 heterocycles. The molecule has 0 spiro atoms. The minimum atomic E-state index is -0.113. The van der Waals surface area contributed by atoms with Crippen LogP contribution in [0.1, 0.15) is 72.1 Å². The molecule has 0 aromatic carbocycles. The minimum Gasteiger partial charge on any atom is -0.465 e. The quantitative estimate of drug-likeness (QED) is 0.566. The van der Waals surface area contributed by atoms with E-state index >= 15 is 0 Å². The molecular weight excluding hydrogens is 238 g/mol. The van der Waals surface area contributed by atoms with E-state index in [-0.39, 0.29) is 12.0 Å². The van der Waals surface area contributed by atoms with Crippen molar-refractivity contribution in [1.29, 1.82) is 0 Å². The molecule has 0 aromatic rings. The van der Waals surface area contributed by atoms with Crippen LogP contribution >= 0.6 is 0 Å². The molecule has 1 rings (SSSR count). The van der Waals surface area contributed by atoms with E-state index < -0.39 is 0 Å². The largest absolute Gasteiger partial charge is 0.465 e. The Kier molecular flexibility index (Phi) is 8.11. The maximum Gasteiger partial charge on any atom is 0.323 e. The van der Waals surface area contributed by atoms with Crippen LogP contribution in [0.15, 0.2) is 0 Å². The van der Waals surface area contributed by atoms with Gasteiger partial charge in [0.2, 0.25) is 0 Å². The molecule has 1 unspecified atom stereocenters. The summed E-state index contributed by atoms with van der Waals surface area (Å²) in [6.45, 7) is 6.68. The molecule has 1 saturated carbocycles. The van der Waals surface area contributed by atoms with E-state index in [2.05, 4.69) is 19.2 Å². The first kappa shape index (κ1) is 16.5. The maximum atomic E-state index is 12.2. The summed E-state index contributed by atoms with van der Waals surface area (Å²) in [6, 6.07) is 0.385. The Morgan fingerprint density at radius 2 is 1.68 bits per heavy atom. The van der Waals surface area contributed by atoms with Gasteiger partial charge in [-0.2, -0.15) is 0 Å². The van der Waals surface area contributed by atoms with Crippen LogP contribution in [0.4, 0.5) is 0 Å². The van der Waals surface area contributed by atoms with Gasteiger partial charge in [-0.1, -0.05) is 52.4 Å². The summed E-state index contributed by atoms with van der Waals surface area (Å²) in [5.74, 6) is 0.336. The Hall–Kier alpha value is -0.570. The summed E-state index contributed by atoms with van der Waals surface area (Å²) in [7, 11) is 0. The van der Waals surface area contributed by atoms with E-state index in [0.29, 0.717) is 18.6 Å². The van der Waals surface area contributed by atoms with Crippen molar-refractivity contribution in [3.05, 3.63) is 0 Å². The zero-order valence-electron chi connectivity index (χ0n) is 12.9. The second kappa shape index (κ2) is 9.35. The average molecular weight is 269 g/mol. The number of rotatable bonds is 7. The molecule has 0 aliphatic heterocycles. The minimum absolute atomic E-state index is 0.0551. The van der Waals surface area contributed by atoms with Gasteiger partial charge in [0.1, 0.15) is 6.04 Å². The van der Waals surface area contributed by atoms with Crippen LogP contribution in [0.3, 0.4) is 0 Å². The van der Waals surface area contributed by atoms with Crippen LogP contribution in [0.2, 0.25) is 0 Å². The van der Waals surface area contributed by atoms with Gasteiger partial charge in [-0.05, 0) is 25.7 Å². The van der Waals surface area contributed by atoms with E-state index in [9.17, 15) is 4.79 Å². The summed E-state index contributed by atoms with van der Waals surface area (Å²) in [6.07, 6.45) is 9.72. The second-order valence-electron chi connectivity index (χ2n) is 5.66. The molecule has 3 nitrogen and oxygen atoms in total. The number of carbonyl (C=O) groups is 1. The summed E-state index contributed by atoms with van der Waals surface area (Å²) >= 11 is 0. The molecule has 0 amide bonds. The first-order valence-electron chi connectivity index (χ1n) is 8.15. The lowest BCUT2D eigenvalue weighted by atomic mass is 9.92. The molecule has 1 N–H and O–H groups in total. The number of hydrogen-bond acceptors (Lipinski definition) is 3. The number of carbonyl (C=O) groups excluding carboxylic acids is 1. The van der Waals surface area contributed by atoms with Crippen molar-refractivity contribution in [3.63, 3.8) is 0 Å². The Morgan fingerprint density at radius 3 is 2.16 bits per heavy atom. The molecule has 0 radical (unpaired) electrons. The molecule has 3 heteroatoms. The normalized spacial score (nSPS) is 19.2. The van der Waals surface area contributed by atoms with Gasteiger partial charge in [0.15, 0.2) is 0 Å². The molecule has 1 atom stereocenters. The molecular formula is C16H31NO2. The van der Waals surface area contributed by atoms with Crippen molar-refractivity contribution in [3.8, 4) is 0 Å². The van der Waals surface area contributed by atoms with E-state index in [1.165, 1.54) is 38.5 Å². The van der Waals surface area contributed by atoms with Crippen molar-refractivity contribution in [2.75, 3.05) is 6.61 Å². The maximum absolute atomic E-state index is 12.2. The van der Waals surface area contributed by atoms with Crippen LogP contribution in [-0.2, 0) is 9.53 Å². The highest BCUT2D eigenvalue weighted by Gasteiger charge is 2.29. The fourth-order valence-electron chi connectivity index (χ4n) is 3.09. The highest BCUT2D eigenvalue weighted by Crippen LogP contribution is 2.21. The van der Waals surface area contributed by atoms with Crippen molar-refractivity contribution in [2.24, 2.45) is 5.92 Å². The first-order chi connectivity index (χ1) is 9.22. The number of ether oxygens (including phenoxy) is 1. The van der Waals surface area contributed by atoms with Gasteiger partial charge in [-0.25, -0.2) is 0 Å². The molecule has 0 bridgehead atoms. The molecule has 1 aliphatic carbocycles. The van der Waals surface area contributed by atoms with Gasteiger partial charge in [-0.15, -0.1) is 0 Å². The second-order valence-corrected chi connectivity index (χ2v) is 5.66. The van der Waals surface area contributed by atoms with Gasteiger partial charge >= 0.3 is 5.97 Å². The lowest BCUT2D eigenvalue weighted by molar-refractivity contribution is -0.147. The fourth-order valence-corrected chi connectivity index (χ4v) is 3.09. The third-order valence-electron chi connectivity index (χ3n) is 4.33. The Balaban J connectivity index is 2.63. The van der Waals surface area contributed by atoms with E-state index in [1.807, 2.05) is 6.92 Å². The van der Waals surface area contributed by atoms with Gasteiger partial charge in [-0.3, -0.25) is 4.79 Å². The smallest absolute Gasteiger partial charge is 0.323 e. The predicted octanol–water partition coefficient (Wildman–Crippen LogP) is 3.67. The van der Waals surface area contributed by atoms with Gasteiger partial charge in [0, 0.05) is 6.04 Å². The molecule has 0 aromatic heterocycles. The van der Waals surface area contributed by atoms with Crippen molar-refractivity contribution < 1.29 is 9.53 Å². The average Bonchev–Trinajstić information content (AvgIpc) is 2.67. The Bertz CT molecular complexity index is 243. The van der Waals surface area contributed by atoms with Crippen LogP contribution in [-0.4, -0.2) is 24.7 Å². The van der Waals surface area contributed by atoms with Crippen LogP contribution in [0.25, 0.3) is 0 Å². The third-order valence-corrected chi connectivity index (χ3v) is 4.33. The first-order valence-corrected chi connectivity index (χ1v) is 8.15. The van der Waals surface area contributed by atoms with Crippen molar-refractivity contribution >= 4 is 5.97 Å². The third kappa shape index (κ3) is 5.52. The Labute approximate surface area is 118 Å². The Morgan fingerprint density at radius 1 is 1.11 bits per heavy atom. The standard InChI is InChI=1S/C16H31NO2/c1-4-13(5-2)15(16(18)19-6-3)17-14-11-9-7-8-10-12-14/h13-15,17H,4-12H2,1-3H3. The molecule has 112 valence electrons. The SMILES string of the molecule is CCOC(=O)C(NC1CCCCCC1)C(CC)CC. The van der Waals surface area contributed by atoms with Crippen LogP contribution in [0, 0.1) is 5.92 Å². The summed E-state index contributed by atoms with van der Waals surface area (Å²) < 4.78 is 5.26. The van der Waals surface area contributed by atoms with E-state index in [4.69, 9.17) is 4.74 Å². The summed E-state index contributed by atoms with van der Waals surface area (Å²) in [5.41, 5.74) is 0. The van der Waals surface area contributed by atoms with Gasteiger partial charge < -0.3 is 10.1 Å². The van der Waals surface area contributed by atoms with Crippen LogP contribution in [0.5, 0.6) is 0 Å². The lowest BCUT2D eigenvalue weighted by Crippen LogP contribution is -2.48. The number of esters is 1. The van der Waals surface area contributed by atoms with E-state index in [1.54, 1.807) is 0 Å². The van der Waals surface area contributed by atoms with Crippen LogP contribution < -0.4 is 5.32 Å². The van der Waals surface area contributed by atoms with E-state index in [0.717, 1.165) is 12.8 Å². The topological polar surface area (TPSA) is 38.3 Å². The fraction of sp³-hybridized carbons (Fsp3) is 0.938. The molecule has 0 saturated heterocycles. The van der Waals surface area contributed by atoms with Crippen molar-refractivity contribution in [2.45, 2.75) is 84.2 Å². The zero-order valence-corrected chi connectivity index (χ0v) is 12.9. The highest BCUT2D eigenvalue weighted by atomic mass is 16.5. The highest BCUT2D eigenvalue weighted by molar-refractivity contribution is 5.76. The summed E-state index contributed by atoms with van der Waals surface area (Å²) in [4.78, 5) is 12.2. The number of hydrogen-bond donors (Lipinski definition) is 1. The van der Waals surface area contributed by atoms with Gasteiger partial charge in [0.05, 0.1) is 6.61 Å². The molecule has 1 aliphatic rings. The molecule has 1 fully saturated rings. The lowest BCUT2D eigenvalue weighted by Gasteiger charge is -2.29. The van der Waals surface area contributed by atoms with Gasteiger partial charge in [0.25, 0.3) is 0 Å².